The van der Waals surface area contributed by atoms with E-state index in [2.05, 4.69) is 17.3 Å². The molecule has 0 radical (unpaired) electrons. The van der Waals surface area contributed by atoms with Crippen LogP contribution in [-0.4, -0.2) is 47.2 Å². The summed E-state index contributed by atoms with van der Waals surface area (Å²) in [5.74, 6) is -3.19. The summed E-state index contributed by atoms with van der Waals surface area (Å²) < 4.78 is 57.2. The van der Waals surface area contributed by atoms with Crippen molar-refractivity contribution in [3.63, 3.8) is 0 Å². The molecule has 0 spiro atoms. The first-order valence-electron chi connectivity index (χ1n) is 13.0. The van der Waals surface area contributed by atoms with Crippen LogP contribution in [0.4, 0.5) is 18.9 Å². The number of alkyl halides is 3. The van der Waals surface area contributed by atoms with E-state index in [1.807, 2.05) is 0 Å². The summed E-state index contributed by atoms with van der Waals surface area (Å²) in [5, 5.41) is 27.8. The molecule has 1 heterocycles. The first-order valence-corrected chi connectivity index (χ1v) is 14.5. The molecule has 0 aliphatic rings. The van der Waals surface area contributed by atoms with Gasteiger partial charge in [-0.05, 0) is 54.8 Å². The summed E-state index contributed by atoms with van der Waals surface area (Å²) in [7, 11) is -3.89. The van der Waals surface area contributed by atoms with Gasteiger partial charge in [0.1, 0.15) is 11.5 Å². The fourth-order valence-corrected chi connectivity index (χ4v) is 4.72. The quantitative estimate of drug-likeness (QED) is 0.131. The number of carbonyl (C=O) groups is 2. The van der Waals surface area contributed by atoms with Gasteiger partial charge in [0.15, 0.2) is 0 Å². The molecule has 0 aliphatic heterocycles. The SMILES string of the molecule is CCCCc1cc(C(=O)Nc2ccc(-c3ccccc3S(N)(=O)=O)cc2)n(-c2cccc(C(=N)N)c2)n1.O=C(O)C(F)(F)F. The van der Waals surface area contributed by atoms with Crippen LogP contribution in [0.25, 0.3) is 16.8 Å². The summed E-state index contributed by atoms with van der Waals surface area (Å²) in [6, 6.07) is 22.1. The van der Waals surface area contributed by atoms with Crippen LogP contribution in [0.5, 0.6) is 0 Å². The van der Waals surface area contributed by atoms with E-state index in [0.717, 1.165) is 25.0 Å². The molecule has 0 bridgehead atoms. The van der Waals surface area contributed by atoms with Crippen LogP contribution in [0.15, 0.2) is 83.8 Å². The number of amides is 1. The summed E-state index contributed by atoms with van der Waals surface area (Å²) >= 11 is 0. The van der Waals surface area contributed by atoms with Crippen molar-refractivity contribution >= 4 is 33.4 Å². The Morgan fingerprint density at radius 2 is 1.66 bits per heavy atom. The van der Waals surface area contributed by atoms with E-state index in [0.29, 0.717) is 33.8 Å². The molecule has 15 heteroatoms. The molecule has 4 aromatic rings. The van der Waals surface area contributed by atoms with Crippen LogP contribution < -0.4 is 16.2 Å². The number of halogens is 3. The highest BCUT2D eigenvalue weighted by molar-refractivity contribution is 7.89. The number of carboxylic acids is 1. The van der Waals surface area contributed by atoms with Crippen molar-refractivity contribution in [1.29, 1.82) is 5.41 Å². The second kappa shape index (κ2) is 14.0. The average Bonchev–Trinajstić information content (AvgIpc) is 3.40. The number of carbonyl (C=O) groups excluding carboxylic acids is 1. The van der Waals surface area contributed by atoms with E-state index in [9.17, 15) is 26.4 Å². The second-order valence-electron chi connectivity index (χ2n) is 9.38. The minimum Gasteiger partial charge on any atom is -0.475 e. The number of amidine groups is 1. The number of aliphatic carboxylic acids is 1. The summed E-state index contributed by atoms with van der Waals surface area (Å²) in [5.41, 5.74) is 9.59. The summed E-state index contributed by atoms with van der Waals surface area (Å²) in [6.45, 7) is 2.09. The zero-order valence-electron chi connectivity index (χ0n) is 23.3. The first kappa shape index (κ1) is 33.5. The molecule has 0 fully saturated rings. The molecule has 1 amide bonds. The van der Waals surface area contributed by atoms with Crippen molar-refractivity contribution in [2.75, 3.05) is 5.32 Å². The van der Waals surface area contributed by atoms with Gasteiger partial charge >= 0.3 is 12.1 Å². The minimum atomic E-state index is -5.08. The van der Waals surface area contributed by atoms with Crippen LogP contribution in [-0.2, 0) is 21.2 Å². The highest BCUT2D eigenvalue weighted by Crippen LogP contribution is 2.28. The lowest BCUT2D eigenvalue weighted by molar-refractivity contribution is -0.192. The molecule has 0 saturated carbocycles. The molecule has 0 aliphatic carbocycles. The van der Waals surface area contributed by atoms with Crippen molar-refractivity contribution in [2.45, 2.75) is 37.3 Å². The zero-order valence-corrected chi connectivity index (χ0v) is 24.1. The van der Waals surface area contributed by atoms with Gasteiger partial charge in [-0.25, -0.2) is 23.0 Å². The van der Waals surface area contributed by atoms with Crippen molar-refractivity contribution in [1.82, 2.24) is 9.78 Å². The van der Waals surface area contributed by atoms with E-state index < -0.39 is 22.2 Å². The summed E-state index contributed by atoms with van der Waals surface area (Å²) in [6.07, 6.45) is -2.42. The van der Waals surface area contributed by atoms with Gasteiger partial charge in [0.05, 0.1) is 16.3 Å². The number of nitrogen functional groups attached to an aromatic ring is 1. The van der Waals surface area contributed by atoms with Gasteiger partial charge in [0.2, 0.25) is 10.0 Å². The maximum Gasteiger partial charge on any atom is 0.490 e. The van der Waals surface area contributed by atoms with Gasteiger partial charge < -0.3 is 16.2 Å². The number of aromatic nitrogens is 2. The largest absolute Gasteiger partial charge is 0.490 e. The van der Waals surface area contributed by atoms with E-state index in [1.165, 1.54) is 6.07 Å². The molecule has 11 nitrogen and oxygen atoms in total. The third-order valence-electron chi connectivity index (χ3n) is 6.07. The highest BCUT2D eigenvalue weighted by Gasteiger charge is 2.38. The third-order valence-corrected chi connectivity index (χ3v) is 7.04. The van der Waals surface area contributed by atoms with E-state index in [1.54, 1.807) is 77.5 Å². The van der Waals surface area contributed by atoms with Crippen molar-refractivity contribution in [3.8, 4) is 16.8 Å². The average molecular weight is 631 g/mol. The lowest BCUT2D eigenvalue weighted by Crippen LogP contribution is -2.21. The van der Waals surface area contributed by atoms with Crippen LogP contribution in [0.2, 0.25) is 0 Å². The normalized spacial score (nSPS) is 11.3. The van der Waals surface area contributed by atoms with Crippen LogP contribution in [0.3, 0.4) is 0 Å². The van der Waals surface area contributed by atoms with E-state index in [-0.39, 0.29) is 16.6 Å². The number of carboxylic acid groups (broad SMARTS) is 1. The Bertz CT molecular complexity index is 1770. The number of benzene rings is 3. The monoisotopic (exact) mass is 630 g/mol. The number of nitrogens with zero attached hydrogens (tertiary/aromatic N) is 2. The van der Waals surface area contributed by atoms with Gasteiger partial charge in [0, 0.05) is 16.8 Å². The van der Waals surface area contributed by atoms with E-state index >= 15 is 0 Å². The minimum absolute atomic E-state index is 0.0306. The Kier molecular flexibility index (Phi) is 10.6. The third kappa shape index (κ3) is 8.75. The molecular weight excluding hydrogens is 601 g/mol. The number of sulfonamides is 1. The zero-order chi connectivity index (χ0) is 32.7. The lowest BCUT2D eigenvalue weighted by atomic mass is 10.1. The molecule has 44 heavy (non-hydrogen) atoms. The Morgan fingerprint density at radius 1 is 1.02 bits per heavy atom. The number of primary sulfonamides is 1. The number of hydrogen-bond acceptors (Lipinski definition) is 6. The topological polar surface area (TPSA) is 194 Å². The Morgan fingerprint density at radius 3 is 2.23 bits per heavy atom. The number of nitrogens with two attached hydrogens (primary N) is 2. The number of rotatable bonds is 9. The number of aryl methyl sites for hydroxylation is 1. The molecule has 7 N–H and O–H groups in total. The maximum atomic E-state index is 13.3. The van der Waals surface area contributed by atoms with Crippen molar-refractivity contribution in [2.24, 2.45) is 10.9 Å². The number of nitrogens with one attached hydrogen (secondary N) is 2. The van der Waals surface area contributed by atoms with Crippen molar-refractivity contribution < 1.29 is 36.3 Å². The fourth-order valence-electron chi connectivity index (χ4n) is 3.96. The lowest BCUT2D eigenvalue weighted by Gasteiger charge is -2.11. The number of anilines is 1. The molecular formula is C29H29F3N6O5S. The fraction of sp³-hybridized carbons (Fsp3) is 0.172. The second-order valence-corrected chi connectivity index (χ2v) is 10.9. The van der Waals surface area contributed by atoms with Crippen LogP contribution in [0.1, 0.15) is 41.5 Å². The molecule has 232 valence electrons. The highest BCUT2D eigenvalue weighted by atomic mass is 32.2. The van der Waals surface area contributed by atoms with Gasteiger partial charge in [0.25, 0.3) is 5.91 Å². The Balaban J connectivity index is 0.000000676. The smallest absolute Gasteiger partial charge is 0.475 e. The van der Waals surface area contributed by atoms with E-state index in [4.69, 9.17) is 26.2 Å². The predicted octanol–water partition coefficient (Wildman–Crippen LogP) is 4.70. The van der Waals surface area contributed by atoms with Crippen molar-refractivity contribution in [3.05, 3.63) is 95.8 Å². The standard InChI is InChI=1S/C27H28N6O3S.C2HF3O2/c1-2-3-8-21-17-24(33(32-21)22-9-6-7-19(16-22)26(28)29)27(34)31-20-14-12-18(13-15-20)23-10-4-5-11-25(23)37(30,35)36;3-2(4,5)1(6)7/h4-7,9-17H,2-3,8H2,1H3,(H3,28,29)(H,31,34)(H2,30,35,36);(H,6,7). The Hall–Kier alpha value is -5.02. The molecule has 4 rings (SSSR count). The molecule has 1 aromatic heterocycles. The van der Waals surface area contributed by atoms with Gasteiger partial charge in [-0.3, -0.25) is 10.2 Å². The molecule has 3 aromatic carbocycles. The number of hydrogen-bond donors (Lipinski definition) is 5. The van der Waals surface area contributed by atoms with Crippen LogP contribution in [0, 0.1) is 5.41 Å². The molecule has 0 atom stereocenters. The number of unbranched alkanes of at least 4 members (excludes halogenated alkanes) is 1. The first-order chi connectivity index (χ1) is 20.6. The maximum absolute atomic E-state index is 13.3. The molecule has 0 saturated heterocycles. The van der Waals surface area contributed by atoms with Gasteiger partial charge in [-0.1, -0.05) is 55.8 Å². The predicted molar refractivity (Wildman–Crippen MR) is 158 cm³/mol. The summed E-state index contributed by atoms with van der Waals surface area (Å²) in [4.78, 5) is 22.2. The van der Waals surface area contributed by atoms with Gasteiger partial charge in [-0.15, -0.1) is 0 Å². The molecule has 0 unspecified atom stereocenters. The Labute approximate surface area is 250 Å². The van der Waals surface area contributed by atoms with Crippen LogP contribution >= 0.6 is 0 Å². The van der Waals surface area contributed by atoms with Gasteiger partial charge in [-0.2, -0.15) is 18.3 Å².